The van der Waals surface area contributed by atoms with Crippen molar-refractivity contribution in [2.24, 2.45) is 0 Å². The summed E-state index contributed by atoms with van der Waals surface area (Å²) < 4.78 is 27.9. The molecule has 6 nitrogen and oxygen atoms in total. The predicted molar refractivity (Wildman–Crippen MR) is 87.8 cm³/mol. The van der Waals surface area contributed by atoms with Gasteiger partial charge >= 0.3 is 0 Å². The summed E-state index contributed by atoms with van der Waals surface area (Å²) in [5, 5.41) is 8.27. The molecule has 0 bridgehead atoms. The van der Waals surface area contributed by atoms with Crippen LogP contribution in [-0.2, 0) is 10.0 Å². The Bertz CT molecular complexity index is 802. The molecule has 0 saturated carbocycles. The molecule has 7 heteroatoms. The van der Waals surface area contributed by atoms with E-state index in [4.69, 9.17) is 0 Å². The maximum absolute atomic E-state index is 13.2. The molecule has 0 spiro atoms. The second-order valence-electron chi connectivity index (χ2n) is 6.24. The number of aryl methyl sites for hydroxylation is 2. The summed E-state index contributed by atoms with van der Waals surface area (Å²) in [7, 11) is -3.50. The molecule has 1 aliphatic rings. The molecule has 2 heterocycles. The van der Waals surface area contributed by atoms with Crippen molar-refractivity contribution in [1.82, 2.24) is 19.3 Å². The van der Waals surface area contributed by atoms with Crippen LogP contribution in [0.2, 0.25) is 0 Å². The highest BCUT2D eigenvalue weighted by atomic mass is 32.2. The fraction of sp³-hybridized carbons (Fsp3) is 0.500. The molecule has 1 unspecified atom stereocenters. The first-order valence-electron chi connectivity index (χ1n) is 7.75. The standard InChI is InChI=1S/C16H22N4O2S/c1-11-9-12(2)14(4)16(13(11)3)23(21,22)19-8-5-15(10-19)20-17-6-7-18-20/h6-7,9,15H,5,8,10H2,1-4H3. The summed E-state index contributed by atoms with van der Waals surface area (Å²) in [5.74, 6) is 0. The molecule has 0 radical (unpaired) electrons. The summed E-state index contributed by atoms with van der Waals surface area (Å²) in [5.41, 5.74) is 3.70. The van der Waals surface area contributed by atoms with E-state index in [1.54, 1.807) is 21.5 Å². The quantitative estimate of drug-likeness (QED) is 0.862. The minimum absolute atomic E-state index is 0.00583. The molecule has 1 fully saturated rings. The second kappa shape index (κ2) is 5.72. The Morgan fingerprint density at radius 2 is 1.61 bits per heavy atom. The highest BCUT2D eigenvalue weighted by molar-refractivity contribution is 7.89. The van der Waals surface area contributed by atoms with Crippen molar-refractivity contribution in [1.29, 1.82) is 0 Å². The van der Waals surface area contributed by atoms with E-state index in [0.717, 1.165) is 28.7 Å². The SMILES string of the molecule is Cc1cc(C)c(C)c(S(=O)(=O)N2CCC(n3nccn3)C2)c1C. The van der Waals surface area contributed by atoms with Crippen molar-refractivity contribution in [3.63, 3.8) is 0 Å². The molecule has 0 amide bonds. The largest absolute Gasteiger partial charge is 0.243 e. The minimum atomic E-state index is -3.50. The third-order valence-electron chi connectivity index (χ3n) is 4.78. The van der Waals surface area contributed by atoms with Crippen molar-refractivity contribution >= 4 is 10.0 Å². The molecular weight excluding hydrogens is 312 g/mol. The number of aromatic nitrogens is 3. The summed E-state index contributed by atoms with van der Waals surface area (Å²) in [6.07, 6.45) is 3.97. The third-order valence-corrected chi connectivity index (χ3v) is 6.92. The van der Waals surface area contributed by atoms with Gasteiger partial charge in [0, 0.05) is 13.1 Å². The van der Waals surface area contributed by atoms with Crippen LogP contribution < -0.4 is 0 Å². The Morgan fingerprint density at radius 3 is 2.17 bits per heavy atom. The smallest absolute Gasteiger partial charge is 0.207 e. The Balaban J connectivity index is 1.98. The van der Waals surface area contributed by atoms with Gasteiger partial charge in [-0.3, -0.25) is 0 Å². The van der Waals surface area contributed by atoms with Crippen LogP contribution in [0.4, 0.5) is 0 Å². The maximum Gasteiger partial charge on any atom is 0.243 e. The van der Waals surface area contributed by atoms with E-state index in [9.17, 15) is 8.42 Å². The lowest BCUT2D eigenvalue weighted by molar-refractivity contribution is 0.402. The molecule has 3 rings (SSSR count). The van der Waals surface area contributed by atoms with Gasteiger partial charge in [-0.25, -0.2) is 8.42 Å². The average Bonchev–Trinajstić information content (AvgIpc) is 3.16. The van der Waals surface area contributed by atoms with Gasteiger partial charge in [-0.2, -0.15) is 19.3 Å². The summed E-state index contributed by atoms with van der Waals surface area (Å²) in [6.45, 7) is 8.61. The first-order valence-corrected chi connectivity index (χ1v) is 9.19. The lowest BCUT2D eigenvalue weighted by Gasteiger charge is -2.21. The summed E-state index contributed by atoms with van der Waals surface area (Å²) in [6, 6.07) is 2.05. The zero-order valence-electron chi connectivity index (χ0n) is 13.9. The number of nitrogens with zero attached hydrogens (tertiary/aromatic N) is 4. The zero-order valence-corrected chi connectivity index (χ0v) is 14.8. The molecule has 0 N–H and O–H groups in total. The van der Waals surface area contributed by atoms with Gasteiger partial charge < -0.3 is 0 Å². The van der Waals surface area contributed by atoms with Crippen molar-refractivity contribution in [2.75, 3.05) is 13.1 Å². The summed E-state index contributed by atoms with van der Waals surface area (Å²) >= 11 is 0. The topological polar surface area (TPSA) is 68.1 Å². The Kier molecular flexibility index (Phi) is 4.01. The lowest BCUT2D eigenvalue weighted by Crippen LogP contribution is -2.31. The highest BCUT2D eigenvalue weighted by Crippen LogP contribution is 2.32. The molecule has 1 aliphatic heterocycles. The van der Waals surface area contributed by atoms with Crippen LogP contribution in [0.3, 0.4) is 0 Å². The van der Waals surface area contributed by atoms with Crippen LogP contribution in [0.5, 0.6) is 0 Å². The van der Waals surface area contributed by atoms with Gasteiger partial charge in [-0.05, 0) is 56.4 Å². The van der Waals surface area contributed by atoms with Gasteiger partial charge in [-0.1, -0.05) is 6.07 Å². The number of hydrogen-bond acceptors (Lipinski definition) is 4. The van der Waals surface area contributed by atoms with Crippen molar-refractivity contribution in [2.45, 2.75) is 45.1 Å². The predicted octanol–water partition coefficient (Wildman–Crippen LogP) is 2.15. The van der Waals surface area contributed by atoms with E-state index in [0.29, 0.717) is 18.0 Å². The molecule has 1 aromatic heterocycles. The van der Waals surface area contributed by atoms with Crippen molar-refractivity contribution in [3.05, 3.63) is 40.7 Å². The average molecular weight is 334 g/mol. The Morgan fingerprint density at radius 1 is 1.04 bits per heavy atom. The van der Waals surface area contributed by atoms with Crippen LogP contribution in [0.15, 0.2) is 23.4 Å². The first-order chi connectivity index (χ1) is 10.8. The Labute approximate surface area is 137 Å². The van der Waals surface area contributed by atoms with Gasteiger partial charge in [0.25, 0.3) is 0 Å². The van der Waals surface area contributed by atoms with Gasteiger partial charge in [0.1, 0.15) is 0 Å². The van der Waals surface area contributed by atoms with Crippen molar-refractivity contribution < 1.29 is 8.42 Å². The highest BCUT2D eigenvalue weighted by Gasteiger charge is 2.36. The minimum Gasteiger partial charge on any atom is -0.207 e. The van der Waals surface area contributed by atoms with Gasteiger partial charge in [0.2, 0.25) is 10.0 Å². The van der Waals surface area contributed by atoms with Crippen LogP contribution in [-0.4, -0.2) is 40.8 Å². The van der Waals surface area contributed by atoms with Crippen LogP contribution in [0, 0.1) is 27.7 Å². The monoisotopic (exact) mass is 334 g/mol. The van der Waals surface area contributed by atoms with Crippen LogP contribution in [0.1, 0.15) is 34.7 Å². The van der Waals surface area contributed by atoms with Gasteiger partial charge in [0.15, 0.2) is 0 Å². The fourth-order valence-electron chi connectivity index (χ4n) is 3.23. The maximum atomic E-state index is 13.2. The van der Waals surface area contributed by atoms with Gasteiger partial charge in [0.05, 0.1) is 23.3 Å². The van der Waals surface area contributed by atoms with E-state index in [1.807, 2.05) is 33.8 Å². The molecule has 1 atom stereocenters. The molecule has 1 saturated heterocycles. The fourth-order valence-corrected chi connectivity index (χ4v) is 5.30. The lowest BCUT2D eigenvalue weighted by atomic mass is 10.0. The van der Waals surface area contributed by atoms with E-state index >= 15 is 0 Å². The number of rotatable bonds is 3. The molecule has 0 aliphatic carbocycles. The normalized spacial score (nSPS) is 19.4. The molecule has 124 valence electrons. The molecule has 2 aromatic rings. The first kappa shape index (κ1) is 16.1. The van der Waals surface area contributed by atoms with E-state index in [2.05, 4.69) is 10.2 Å². The second-order valence-corrected chi connectivity index (χ2v) is 8.12. The summed E-state index contributed by atoms with van der Waals surface area (Å²) in [4.78, 5) is 2.07. The van der Waals surface area contributed by atoms with Gasteiger partial charge in [-0.15, -0.1) is 0 Å². The number of benzene rings is 1. The zero-order chi connectivity index (χ0) is 16.8. The van der Waals surface area contributed by atoms with Crippen LogP contribution in [0.25, 0.3) is 0 Å². The molecular formula is C16H22N4O2S. The molecule has 1 aromatic carbocycles. The Hall–Kier alpha value is -1.73. The number of hydrogen-bond donors (Lipinski definition) is 0. The number of sulfonamides is 1. The van der Waals surface area contributed by atoms with Crippen LogP contribution >= 0.6 is 0 Å². The molecule has 23 heavy (non-hydrogen) atoms. The third kappa shape index (κ3) is 2.68. The van der Waals surface area contributed by atoms with E-state index < -0.39 is 10.0 Å². The van der Waals surface area contributed by atoms with E-state index in [1.165, 1.54) is 0 Å². The van der Waals surface area contributed by atoms with Crippen molar-refractivity contribution in [3.8, 4) is 0 Å². The van der Waals surface area contributed by atoms with E-state index in [-0.39, 0.29) is 6.04 Å².